The molecule has 1 amide bonds. The predicted octanol–water partition coefficient (Wildman–Crippen LogP) is 5.31. The van der Waals surface area contributed by atoms with E-state index < -0.39 is 5.60 Å². The van der Waals surface area contributed by atoms with Gasteiger partial charge in [0.25, 0.3) is 0 Å². The first kappa shape index (κ1) is 22.4. The van der Waals surface area contributed by atoms with Gasteiger partial charge in [-0.15, -0.1) is 0 Å². The number of halogens is 2. The molecule has 0 bridgehead atoms. The first-order chi connectivity index (χ1) is 14.9. The Bertz CT molecular complexity index is 937. The Hall–Kier alpha value is -1.79. The highest BCUT2D eigenvalue weighted by atomic mass is 35.5. The molecule has 2 aliphatic rings. The minimum Gasteiger partial charge on any atom is -0.497 e. The lowest BCUT2D eigenvalue weighted by molar-refractivity contribution is -0.135. The van der Waals surface area contributed by atoms with Crippen molar-refractivity contribution in [2.75, 3.05) is 25.5 Å². The van der Waals surface area contributed by atoms with Crippen molar-refractivity contribution >= 4 is 34.8 Å². The van der Waals surface area contributed by atoms with Gasteiger partial charge in [-0.05, 0) is 55.2 Å². The molecule has 2 aromatic rings. The van der Waals surface area contributed by atoms with Crippen LogP contribution in [0.25, 0.3) is 0 Å². The summed E-state index contributed by atoms with van der Waals surface area (Å²) in [6.45, 7) is 0.883. The van der Waals surface area contributed by atoms with E-state index in [2.05, 4.69) is 10.2 Å². The number of ether oxygens (including phenoxy) is 1. The number of methoxy groups -OCH3 is 1. The van der Waals surface area contributed by atoms with E-state index in [4.69, 9.17) is 27.9 Å². The molecule has 1 aliphatic heterocycles. The van der Waals surface area contributed by atoms with Crippen LogP contribution in [0.1, 0.15) is 43.7 Å². The Morgan fingerprint density at radius 2 is 1.97 bits per heavy atom. The molecule has 31 heavy (non-hydrogen) atoms. The van der Waals surface area contributed by atoms with Crippen LogP contribution in [0.15, 0.2) is 42.5 Å². The lowest BCUT2D eigenvalue weighted by Gasteiger charge is -2.52. The standard InChI is InChI=1S/C24H28Cl2N2O3/c1-31-18-8-5-16(6-9-18)23-19-4-2-3-11-24(19,30)12-13-28(23)15-22(29)27-21-10-7-17(25)14-20(21)26/h5-10,14,19,23,30H,2-4,11-13,15H2,1H3,(H,27,29)/t19-,23+,24+/m0/s1. The molecule has 2 N–H and O–H groups in total. The molecule has 1 saturated heterocycles. The fourth-order valence-corrected chi connectivity index (χ4v) is 5.58. The largest absolute Gasteiger partial charge is 0.497 e. The molecule has 5 nitrogen and oxygen atoms in total. The quantitative estimate of drug-likeness (QED) is 0.631. The van der Waals surface area contributed by atoms with Gasteiger partial charge in [-0.1, -0.05) is 48.2 Å². The molecule has 0 unspecified atom stereocenters. The summed E-state index contributed by atoms with van der Waals surface area (Å²) < 4.78 is 5.31. The summed E-state index contributed by atoms with van der Waals surface area (Å²) in [6.07, 6.45) is 4.61. The van der Waals surface area contributed by atoms with E-state index in [0.29, 0.717) is 28.7 Å². The van der Waals surface area contributed by atoms with Gasteiger partial charge in [0, 0.05) is 23.5 Å². The lowest BCUT2D eigenvalue weighted by Crippen LogP contribution is -2.56. The van der Waals surface area contributed by atoms with Crippen LogP contribution in [0.5, 0.6) is 5.75 Å². The van der Waals surface area contributed by atoms with Gasteiger partial charge in [-0.3, -0.25) is 9.69 Å². The number of rotatable bonds is 5. The summed E-state index contributed by atoms with van der Waals surface area (Å²) in [6, 6.07) is 13.0. The van der Waals surface area contributed by atoms with Crippen molar-refractivity contribution in [1.29, 1.82) is 0 Å². The second-order valence-corrected chi connectivity index (χ2v) is 9.41. The number of aliphatic hydroxyl groups is 1. The lowest BCUT2D eigenvalue weighted by atomic mass is 9.66. The van der Waals surface area contributed by atoms with Crippen LogP contribution < -0.4 is 10.1 Å². The fourth-order valence-electron chi connectivity index (χ4n) is 5.13. The van der Waals surface area contributed by atoms with Crippen LogP contribution in [0.3, 0.4) is 0 Å². The molecule has 4 rings (SSSR count). The van der Waals surface area contributed by atoms with Crippen molar-refractivity contribution in [2.24, 2.45) is 5.92 Å². The number of likely N-dealkylation sites (tertiary alicyclic amines) is 1. The molecule has 2 aromatic carbocycles. The number of amides is 1. The average Bonchev–Trinajstić information content (AvgIpc) is 2.76. The van der Waals surface area contributed by atoms with E-state index in [1.807, 2.05) is 24.3 Å². The minimum absolute atomic E-state index is 0.0311. The third-order valence-electron chi connectivity index (χ3n) is 6.68. The highest BCUT2D eigenvalue weighted by Crippen LogP contribution is 2.49. The highest BCUT2D eigenvalue weighted by molar-refractivity contribution is 6.36. The molecule has 166 valence electrons. The van der Waals surface area contributed by atoms with Gasteiger partial charge in [0.05, 0.1) is 30.0 Å². The molecule has 2 fully saturated rings. The summed E-state index contributed by atoms with van der Waals surface area (Å²) in [5.41, 5.74) is 0.973. The number of fused-ring (bicyclic) bond motifs is 1. The third-order valence-corrected chi connectivity index (χ3v) is 7.23. The molecule has 0 radical (unpaired) electrons. The maximum absolute atomic E-state index is 12.9. The van der Waals surface area contributed by atoms with Crippen LogP contribution in [-0.2, 0) is 4.79 Å². The first-order valence-corrected chi connectivity index (χ1v) is 11.5. The SMILES string of the molecule is COc1ccc([C@@H]2[C@@H]3CCCC[C@@]3(O)CCN2CC(=O)Nc2ccc(Cl)cc2Cl)cc1. The number of carbonyl (C=O) groups is 1. The smallest absolute Gasteiger partial charge is 0.238 e. The highest BCUT2D eigenvalue weighted by Gasteiger charge is 2.49. The van der Waals surface area contributed by atoms with Crippen molar-refractivity contribution in [3.63, 3.8) is 0 Å². The molecule has 0 aromatic heterocycles. The maximum atomic E-state index is 12.9. The zero-order chi connectivity index (χ0) is 22.0. The van der Waals surface area contributed by atoms with Gasteiger partial charge in [-0.2, -0.15) is 0 Å². The van der Waals surface area contributed by atoms with Crippen molar-refractivity contribution in [1.82, 2.24) is 4.90 Å². The Labute approximate surface area is 193 Å². The van der Waals surface area contributed by atoms with Gasteiger partial charge in [0.15, 0.2) is 0 Å². The van der Waals surface area contributed by atoms with Gasteiger partial charge in [-0.25, -0.2) is 0 Å². The number of hydrogen-bond acceptors (Lipinski definition) is 4. The average molecular weight is 463 g/mol. The fraction of sp³-hybridized carbons (Fsp3) is 0.458. The van der Waals surface area contributed by atoms with Crippen LogP contribution >= 0.6 is 23.2 Å². The van der Waals surface area contributed by atoms with Crippen molar-refractivity contribution in [3.05, 3.63) is 58.1 Å². The topological polar surface area (TPSA) is 61.8 Å². The Morgan fingerprint density at radius 1 is 1.19 bits per heavy atom. The van der Waals surface area contributed by atoms with Crippen molar-refractivity contribution in [3.8, 4) is 5.75 Å². The second kappa shape index (κ2) is 9.37. The third kappa shape index (κ3) is 4.85. The molecule has 1 saturated carbocycles. The summed E-state index contributed by atoms with van der Waals surface area (Å²) in [7, 11) is 1.65. The van der Waals surface area contributed by atoms with E-state index in [-0.39, 0.29) is 24.4 Å². The summed E-state index contributed by atoms with van der Waals surface area (Å²) in [5.74, 6) is 0.749. The van der Waals surface area contributed by atoms with Crippen molar-refractivity contribution in [2.45, 2.75) is 43.7 Å². The normalized spacial score (nSPS) is 26.2. The summed E-state index contributed by atoms with van der Waals surface area (Å²) in [4.78, 5) is 15.1. The number of anilines is 1. The maximum Gasteiger partial charge on any atom is 0.238 e. The van der Waals surface area contributed by atoms with Gasteiger partial charge in [0.1, 0.15) is 5.75 Å². The number of benzene rings is 2. The molecule has 7 heteroatoms. The summed E-state index contributed by atoms with van der Waals surface area (Å²) in [5, 5.41) is 15.2. The molecular weight excluding hydrogens is 435 g/mol. The Morgan fingerprint density at radius 3 is 2.68 bits per heavy atom. The van der Waals surface area contributed by atoms with Crippen LogP contribution in [0.2, 0.25) is 10.0 Å². The zero-order valence-electron chi connectivity index (χ0n) is 17.6. The number of hydrogen-bond donors (Lipinski definition) is 2. The number of nitrogens with zero attached hydrogens (tertiary/aromatic N) is 1. The van der Waals surface area contributed by atoms with Gasteiger partial charge >= 0.3 is 0 Å². The van der Waals surface area contributed by atoms with E-state index in [9.17, 15) is 9.90 Å². The van der Waals surface area contributed by atoms with E-state index in [0.717, 1.165) is 37.0 Å². The van der Waals surface area contributed by atoms with Gasteiger partial charge in [0.2, 0.25) is 5.91 Å². The van der Waals surface area contributed by atoms with E-state index in [1.165, 1.54) is 0 Å². The second-order valence-electron chi connectivity index (χ2n) is 8.57. The van der Waals surface area contributed by atoms with Crippen LogP contribution in [0.4, 0.5) is 5.69 Å². The molecule has 0 spiro atoms. The predicted molar refractivity (Wildman–Crippen MR) is 124 cm³/mol. The monoisotopic (exact) mass is 462 g/mol. The van der Waals surface area contributed by atoms with Crippen molar-refractivity contribution < 1.29 is 14.6 Å². The number of piperidine rings is 1. The molecular formula is C24H28Cl2N2O3. The number of nitrogens with one attached hydrogen (secondary N) is 1. The zero-order valence-corrected chi connectivity index (χ0v) is 19.1. The Kier molecular flexibility index (Phi) is 6.77. The van der Waals surface area contributed by atoms with Gasteiger partial charge < -0.3 is 15.2 Å². The minimum atomic E-state index is -0.671. The van der Waals surface area contributed by atoms with Crippen LogP contribution in [-0.4, -0.2) is 41.7 Å². The van der Waals surface area contributed by atoms with Crippen LogP contribution in [0, 0.1) is 5.92 Å². The van der Waals surface area contributed by atoms with E-state index >= 15 is 0 Å². The van der Waals surface area contributed by atoms with E-state index in [1.54, 1.807) is 25.3 Å². The molecule has 1 aliphatic carbocycles. The first-order valence-electron chi connectivity index (χ1n) is 10.7. The number of carbonyl (C=O) groups excluding carboxylic acids is 1. The molecule has 1 heterocycles. The molecule has 3 atom stereocenters. The summed E-state index contributed by atoms with van der Waals surface area (Å²) >= 11 is 12.2. The Balaban J connectivity index is 1.57.